The van der Waals surface area contributed by atoms with E-state index < -0.39 is 17.1 Å². The highest BCUT2D eigenvalue weighted by molar-refractivity contribution is 9.10. The van der Waals surface area contributed by atoms with Gasteiger partial charge in [0.2, 0.25) is 5.91 Å². The maximum atomic E-state index is 12.9. The van der Waals surface area contributed by atoms with E-state index in [0.29, 0.717) is 33.8 Å². The van der Waals surface area contributed by atoms with Gasteiger partial charge < -0.3 is 14.8 Å². The number of carbonyl (C=O) groups excluding carboxylic acids is 3. The largest absolute Gasteiger partial charge is 0.493 e. The summed E-state index contributed by atoms with van der Waals surface area (Å²) in [5.41, 5.74) is 3.14. The van der Waals surface area contributed by atoms with Crippen LogP contribution in [0.5, 0.6) is 11.5 Å². The third-order valence-corrected chi connectivity index (χ3v) is 7.47. The van der Waals surface area contributed by atoms with E-state index in [1.165, 1.54) is 7.11 Å². The minimum atomic E-state index is -0.527. The standard InChI is InChI=1S/C27H22Br2N2O5S/c1-16-5-3-4-6-21(16)30-24(32)14-31-26(33)23(37-27(31)34)13-18-11-20(29)25(22(12-18)35-2)36-15-17-7-9-19(28)10-8-17/h3-13H,14-15H2,1-2H3,(H,30,32)/b23-13+. The number of thioether (sulfide) groups is 1. The zero-order valence-electron chi connectivity index (χ0n) is 19.9. The molecule has 1 N–H and O–H groups in total. The predicted molar refractivity (Wildman–Crippen MR) is 152 cm³/mol. The Bertz CT molecular complexity index is 1390. The first kappa shape index (κ1) is 27.0. The second-order valence-electron chi connectivity index (χ2n) is 8.08. The molecule has 3 amide bonds. The summed E-state index contributed by atoms with van der Waals surface area (Å²) >= 11 is 7.72. The average Bonchev–Trinajstić information content (AvgIpc) is 3.12. The molecule has 37 heavy (non-hydrogen) atoms. The van der Waals surface area contributed by atoms with Crippen LogP contribution in [0, 0.1) is 6.92 Å². The van der Waals surface area contributed by atoms with Gasteiger partial charge in [-0.25, -0.2) is 0 Å². The normalized spacial score (nSPS) is 14.3. The highest BCUT2D eigenvalue weighted by Crippen LogP contribution is 2.39. The van der Waals surface area contributed by atoms with Crippen LogP contribution in [-0.2, 0) is 16.2 Å². The molecule has 0 radical (unpaired) electrons. The number of aryl methyl sites for hydroxylation is 1. The molecule has 0 unspecified atom stereocenters. The third-order valence-electron chi connectivity index (χ3n) is 5.44. The van der Waals surface area contributed by atoms with Crippen LogP contribution < -0.4 is 14.8 Å². The lowest BCUT2D eigenvalue weighted by atomic mass is 10.1. The number of hydrogen-bond acceptors (Lipinski definition) is 6. The number of amides is 3. The van der Waals surface area contributed by atoms with Crippen molar-refractivity contribution in [3.05, 3.63) is 91.2 Å². The average molecular weight is 646 g/mol. The van der Waals surface area contributed by atoms with E-state index in [0.717, 1.165) is 32.3 Å². The Hall–Kier alpha value is -3.08. The second-order valence-corrected chi connectivity index (χ2v) is 10.8. The zero-order valence-corrected chi connectivity index (χ0v) is 23.9. The number of anilines is 1. The first-order valence-corrected chi connectivity index (χ1v) is 13.5. The third kappa shape index (κ3) is 6.63. The molecule has 10 heteroatoms. The van der Waals surface area contributed by atoms with E-state index in [9.17, 15) is 14.4 Å². The topological polar surface area (TPSA) is 84.9 Å². The summed E-state index contributed by atoms with van der Waals surface area (Å²) < 4.78 is 13.1. The quantitative estimate of drug-likeness (QED) is 0.272. The van der Waals surface area contributed by atoms with Gasteiger partial charge in [0, 0.05) is 10.2 Å². The highest BCUT2D eigenvalue weighted by atomic mass is 79.9. The molecule has 1 saturated heterocycles. The first-order valence-electron chi connectivity index (χ1n) is 11.1. The van der Waals surface area contributed by atoms with Crippen LogP contribution in [0.4, 0.5) is 10.5 Å². The highest BCUT2D eigenvalue weighted by Gasteiger charge is 2.36. The van der Waals surface area contributed by atoms with E-state index in [1.54, 1.807) is 30.3 Å². The number of carbonyl (C=O) groups is 3. The van der Waals surface area contributed by atoms with Gasteiger partial charge >= 0.3 is 0 Å². The Morgan fingerprint density at radius 1 is 1.08 bits per heavy atom. The first-order chi connectivity index (χ1) is 17.7. The Balaban J connectivity index is 1.47. The van der Waals surface area contributed by atoms with E-state index in [1.807, 2.05) is 43.3 Å². The fourth-order valence-corrected chi connectivity index (χ4v) is 5.21. The second kappa shape index (κ2) is 12.0. The van der Waals surface area contributed by atoms with Gasteiger partial charge in [0.15, 0.2) is 11.5 Å². The molecule has 0 atom stereocenters. The number of para-hydroxylation sites is 1. The van der Waals surface area contributed by atoms with Crippen molar-refractivity contribution in [3.8, 4) is 11.5 Å². The minimum absolute atomic E-state index is 0.214. The van der Waals surface area contributed by atoms with Crippen molar-refractivity contribution >= 4 is 72.4 Å². The summed E-state index contributed by atoms with van der Waals surface area (Å²) in [7, 11) is 1.53. The van der Waals surface area contributed by atoms with Crippen molar-refractivity contribution in [1.29, 1.82) is 0 Å². The summed E-state index contributed by atoms with van der Waals surface area (Å²) in [5.74, 6) is 0.00764. The van der Waals surface area contributed by atoms with Crippen LogP contribution in [0.2, 0.25) is 0 Å². The Kier molecular flexibility index (Phi) is 8.73. The SMILES string of the molecule is COc1cc(/C=C2/SC(=O)N(CC(=O)Nc3ccccc3C)C2=O)cc(Br)c1OCc1ccc(Br)cc1. The van der Waals surface area contributed by atoms with Crippen molar-refractivity contribution in [2.75, 3.05) is 19.0 Å². The number of benzene rings is 3. The van der Waals surface area contributed by atoms with Crippen LogP contribution in [0.1, 0.15) is 16.7 Å². The number of hydrogen-bond donors (Lipinski definition) is 1. The lowest BCUT2D eigenvalue weighted by molar-refractivity contribution is -0.127. The molecule has 1 aliphatic heterocycles. The maximum Gasteiger partial charge on any atom is 0.294 e. The molecular weight excluding hydrogens is 624 g/mol. The van der Waals surface area contributed by atoms with Gasteiger partial charge in [-0.05, 0) is 87.7 Å². The number of methoxy groups -OCH3 is 1. The molecular formula is C27H22Br2N2O5S. The van der Waals surface area contributed by atoms with Gasteiger partial charge in [-0.3, -0.25) is 19.3 Å². The molecule has 3 aromatic rings. The molecule has 0 saturated carbocycles. The molecule has 0 aliphatic carbocycles. The van der Waals surface area contributed by atoms with E-state index in [4.69, 9.17) is 9.47 Å². The summed E-state index contributed by atoms with van der Waals surface area (Å²) in [6.07, 6.45) is 1.59. The zero-order chi connectivity index (χ0) is 26.5. The fraction of sp³-hybridized carbons (Fsp3) is 0.148. The molecule has 7 nitrogen and oxygen atoms in total. The summed E-state index contributed by atoms with van der Waals surface area (Å²) in [6, 6.07) is 18.6. The number of rotatable bonds is 8. The number of halogens is 2. The Morgan fingerprint density at radius 3 is 2.51 bits per heavy atom. The number of imide groups is 1. The van der Waals surface area contributed by atoms with Gasteiger partial charge in [-0.1, -0.05) is 46.3 Å². The van der Waals surface area contributed by atoms with Crippen LogP contribution in [-0.4, -0.2) is 35.6 Å². The molecule has 3 aromatic carbocycles. The van der Waals surface area contributed by atoms with Crippen LogP contribution >= 0.6 is 43.6 Å². The smallest absolute Gasteiger partial charge is 0.294 e. The van der Waals surface area contributed by atoms with Crippen molar-refractivity contribution in [2.24, 2.45) is 0 Å². The Morgan fingerprint density at radius 2 is 1.81 bits per heavy atom. The lowest BCUT2D eigenvalue weighted by Gasteiger charge is -2.14. The molecule has 0 bridgehead atoms. The predicted octanol–water partition coefficient (Wildman–Crippen LogP) is 6.78. The molecule has 0 spiro atoms. The van der Waals surface area contributed by atoms with Gasteiger partial charge in [0.05, 0.1) is 16.5 Å². The number of ether oxygens (including phenoxy) is 2. The molecule has 1 aliphatic rings. The van der Waals surface area contributed by atoms with Crippen molar-refractivity contribution < 1.29 is 23.9 Å². The van der Waals surface area contributed by atoms with Crippen molar-refractivity contribution in [1.82, 2.24) is 4.90 Å². The number of nitrogens with zero attached hydrogens (tertiary/aromatic N) is 1. The van der Waals surface area contributed by atoms with Gasteiger partial charge in [-0.2, -0.15) is 0 Å². The molecule has 1 heterocycles. The van der Waals surface area contributed by atoms with Crippen LogP contribution in [0.15, 0.2) is 74.5 Å². The lowest BCUT2D eigenvalue weighted by Crippen LogP contribution is -2.36. The van der Waals surface area contributed by atoms with E-state index >= 15 is 0 Å². The van der Waals surface area contributed by atoms with Crippen molar-refractivity contribution in [2.45, 2.75) is 13.5 Å². The van der Waals surface area contributed by atoms with Gasteiger partial charge in [-0.15, -0.1) is 0 Å². The van der Waals surface area contributed by atoms with Gasteiger partial charge in [0.1, 0.15) is 13.2 Å². The molecule has 1 fully saturated rings. The molecule has 190 valence electrons. The van der Waals surface area contributed by atoms with E-state index in [2.05, 4.69) is 37.2 Å². The van der Waals surface area contributed by atoms with E-state index in [-0.39, 0.29) is 11.4 Å². The monoisotopic (exact) mass is 644 g/mol. The van der Waals surface area contributed by atoms with Crippen molar-refractivity contribution in [3.63, 3.8) is 0 Å². The Labute approximate surface area is 235 Å². The molecule has 4 rings (SSSR count). The molecule has 0 aromatic heterocycles. The number of nitrogens with one attached hydrogen (secondary N) is 1. The summed E-state index contributed by atoms with van der Waals surface area (Å²) in [4.78, 5) is 39.1. The summed E-state index contributed by atoms with van der Waals surface area (Å²) in [6.45, 7) is 1.83. The van der Waals surface area contributed by atoms with Crippen LogP contribution in [0.25, 0.3) is 6.08 Å². The maximum absolute atomic E-state index is 12.9. The fourth-order valence-electron chi connectivity index (χ4n) is 3.53. The summed E-state index contributed by atoms with van der Waals surface area (Å²) in [5, 5.41) is 2.24. The van der Waals surface area contributed by atoms with Gasteiger partial charge in [0.25, 0.3) is 11.1 Å². The minimum Gasteiger partial charge on any atom is -0.493 e. The van der Waals surface area contributed by atoms with Crippen LogP contribution in [0.3, 0.4) is 0 Å².